The lowest BCUT2D eigenvalue weighted by Crippen LogP contribution is -2.22. The molecule has 0 aliphatic heterocycles. The molecule has 3 aromatic rings. The minimum atomic E-state index is -0.539. The van der Waals surface area contributed by atoms with Crippen molar-refractivity contribution in [1.29, 1.82) is 0 Å². The summed E-state index contributed by atoms with van der Waals surface area (Å²) < 4.78 is 12.6. The molecule has 2 aromatic heterocycles. The van der Waals surface area contributed by atoms with Gasteiger partial charge in [-0.2, -0.15) is 5.10 Å². The number of aromatic nitrogens is 2. The molecular weight excluding hydrogens is 388 g/mol. The Morgan fingerprint density at radius 2 is 2.18 bits per heavy atom. The van der Waals surface area contributed by atoms with Gasteiger partial charge < -0.3 is 14.5 Å². The van der Waals surface area contributed by atoms with E-state index in [9.17, 15) is 14.9 Å². The molecule has 0 saturated heterocycles. The molecule has 1 amide bonds. The quantitative estimate of drug-likeness (QED) is 0.477. The van der Waals surface area contributed by atoms with Crippen molar-refractivity contribution >= 4 is 23.2 Å². The second-order valence-corrected chi connectivity index (χ2v) is 6.43. The Labute approximate surface area is 165 Å². The van der Waals surface area contributed by atoms with Crippen LogP contribution in [-0.2, 0) is 20.2 Å². The third-order valence-corrected chi connectivity index (χ3v) is 4.25. The number of rotatable bonds is 7. The fraction of sp³-hybridized carbons (Fsp3) is 0.222. The third kappa shape index (κ3) is 4.49. The van der Waals surface area contributed by atoms with Crippen LogP contribution in [0.15, 0.2) is 40.9 Å². The standard InChI is InChI=1S/C18H17ClN4O5/c1-11-12(9-22(2)21-11)8-20-18(24)16-6-4-14(28-16)10-27-17-7-13(23(25)26)3-5-15(17)19/h3-7,9H,8,10H2,1-2H3,(H,20,24). The van der Waals surface area contributed by atoms with Gasteiger partial charge in [-0.1, -0.05) is 11.6 Å². The summed E-state index contributed by atoms with van der Waals surface area (Å²) in [6, 6.07) is 7.02. The zero-order valence-corrected chi connectivity index (χ0v) is 15.9. The van der Waals surface area contributed by atoms with Crippen molar-refractivity contribution in [2.45, 2.75) is 20.1 Å². The van der Waals surface area contributed by atoms with Crippen LogP contribution >= 0.6 is 11.6 Å². The van der Waals surface area contributed by atoms with Crippen LogP contribution in [-0.4, -0.2) is 20.6 Å². The molecule has 0 saturated carbocycles. The average molecular weight is 405 g/mol. The number of nitrogens with zero attached hydrogens (tertiary/aromatic N) is 3. The van der Waals surface area contributed by atoms with Gasteiger partial charge in [0.15, 0.2) is 5.76 Å². The van der Waals surface area contributed by atoms with E-state index in [-0.39, 0.29) is 34.7 Å². The number of aryl methyl sites for hydroxylation is 2. The fourth-order valence-corrected chi connectivity index (χ4v) is 2.70. The molecule has 1 N–H and O–H groups in total. The molecule has 0 atom stereocenters. The largest absolute Gasteiger partial charge is 0.484 e. The second-order valence-electron chi connectivity index (χ2n) is 6.02. The van der Waals surface area contributed by atoms with E-state index in [1.54, 1.807) is 10.7 Å². The Balaban J connectivity index is 1.59. The zero-order valence-electron chi connectivity index (χ0n) is 15.1. The minimum absolute atomic E-state index is 0.0319. The number of nitro groups is 1. The second kappa shape index (κ2) is 8.13. The number of hydrogen-bond donors (Lipinski definition) is 1. The van der Waals surface area contributed by atoms with E-state index >= 15 is 0 Å². The minimum Gasteiger partial charge on any atom is -0.484 e. The summed E-state index contributed by atoms with van der Waals surface area (Å²) in [5.74, 6) is 0.295. The Bertz CT molecular complexity index is 1030. The number of furan rings is 1. The van der Waals surface area contributed by atoms with Gasteiger partial charge in [-0.3, -0.25) is 19.6 Å². The van der Waals surface area contributed by atoms with Gasteiger partial charge in [0.2, 0.25) is 0 Å². The molecule has 0 radical (unpaired) electrons. The highest BCUT2D eigenvalue weighted by Crippen LogP contribution is 2.29. The Morgan fingerprint density at radius 3 is 2.86 bits per heavy atom. The molecular formula is C18H17ClN4O5. The number of benzene rings is 1. The first kappa shape index (κ1) is 19.4. The van der Waals surface area contributed by atoms with Gasteiger partial charge in [0.05, 0.1) is 21.7 Å². The predicted octanol–water partition coefficient (Wildman–Crippen LogP) is 3.39. The van der Waals surface area contributed by atoms with Gasteiger partial charge in [0.1, 0.15) is 18.1 Å². The van der Waals surface area contributed by atoms with Gasteiger partial charge >= 0.3 is 0 Å². The molecule has 146 valence electrons. The Hall–Kier alpha value is -3.33. The summed E-state index contributed by atoms with van der Waals surface area (Å²) in [6.45, 7) is 2.16. The van der Waals surface area contributed by atoms with E-state index < -0.39 is 4.92 Å². The van der Waals surface area contributed by atoms with Crippen molar-refractivity contribution in [2.24, 2.45) is 7.05 Å². The molecule has 0 fully saturated rings. The van der Waals surface area contributed by atoms with E-state index in [4.69, 9.17) is 20.8 Å². The van der Waals surface area contributed by atoms with E-state index in [0.29, 0.717) is 12.3 Å². The molecule has 9 nitrogen and oxygen atoms in total. The lowest BCUT2D eigenvalue weighted by Gasteiger charge is -2.06. The maximum atomic E-state index is 12.2. The Kier molecular flexibility index (Phi) is 5.65. The highest BCUT2D eigenvalue weighted by atomic mass is 35.5. The van der Waals surface area contributed by atoms with Crippen molar-refractivity contribution < 1.29 is 18.9 Å². The predicted molar refractivity (Wildman–Crippen MR) is 100 cm³/mol. The first-order chi connectivity index (χ1) is 13.3. The number of halogens is 1. The number of carbonyl (C=O) groups is 1. The summed E-state index contributed by atoms with van der Waals surface area (Å²) in [5.41, 5.74) is 1.61. The monoisotopic (exact) mass is 404 g/mol. The van der Waals surface area contributed by atoms with E-state index in [1.165, 1.54) is 24.3 Å². The van der Waals surface area contributed by atoms with Gasteiger partial charge in [0, 0.05) is 31.4 Å². The van der Waals surface area contributed by atoms with Crippen LogP contribution < -0.4 is 10.1 Å². The molecule has 0 aliphatic rings. The van der Waals surface area contributed by atoms with Gasteiger partial charge in [-0.15, -0.1) is 0 Å². The molecule has 2 heterocycles. The topological polar surface area (TPSA) is 112 Å². The molecule has 1 aromatic carbocycles. The lowest BCUT2D eigenvalue weighted by molar-refractivity contribution is -0.384. The van der Waals surface area contributed by atoms with Crippen LogP contribution in [0.2, 0.25) is 5.02 Å². The molecule has 0 aliphatic carbocycles. The zero-order chi connectivity index (χ0) is 20.3. The number of nitro benzene ring substituents is 1. The summed E-state index contributed by atoms with van der Waals surface area (Å²) in [4.78, 5) is 22.5. The number of ether oxygens (including phenoxy) is 1. The van der Waals surface area contributed by atoms with Crippen LogP contribution in [0.3, 0.4) is 0 Å². The van der Waals surface area contributed by atoms with Crippen molar-refractivity contribution in [3.05, 3.63) is 74.4 Å². The molecule has 0 unspecified atom stereocenters. The highest BCUT2D eigenvalue weighted by Gasteiger charge is 2.14. The number of nitrogens with one attached hydrogen (secondary N) is 1. The van der Waals surface area contributed by atoms with Crippen molar-refractivity contribution in [1.82, 2.24) is 15.1 Å². The number of non-ortho nitro benzene ring substituents is 1. The number of carbonyl (C=O) groups excluding carboxylic acids is 1. The number of amides is 1. The van der Waals surface area contributed by atoms with Gasteiger partial charge in [0.25, 0.3) is 11.6 Å². The summed E-state index contributed by atoms with van der Waals surface area (Å²) in [7, 11) is 1.81. The van der Waals surface area contributed by atoms with Crippen molar-refractivity contribution in [3.8, 4) is 5.75 Å². The highest BCUT2D eigenvalue weighted by molar-refractivity contribution is 6.32. The van der Waals surface area contributed by atoms with Crippen LogP contribution in [0, 0.1) is 17.0 Å². The van der Waals surface area contributed by atoms with Gasteiger partial charge in [-0.25, -0.2) is 0 Å². The maximum Gasteiger partial charge on any atom is 0.287 e. The van der Waals surface area contributed by atoms with Crippen LogP contribution in [0.1, 0.15) is 27.6 Å². The Morgan fingerprint density at radius 1 is 1.39 bits per heavy atom. The van der Waals surface area contributed by atoms with E-state index in [0.717, 1.165) is 11.3 Å². The number of hydrogen-bond acceptors (Lipinski definition) is 6. The molecule has 0 bridgehead atoms. The van der Waals surface area contributed by atoms with Crippen molar-refractivity contribution in [2.75, 3.05) is 0 Å². The summed E-state index contributed by atoms with van der Waals surface area (Å²) in [5, 5.41) is 18.1. The molecule has 3 rings (SSSR count). The molecule has 10 heteroatoms. The maximum absolute atomic E-state index is 12.2. The summed E-state index contributed by atoms with van der Waals surface area (Å²) >= 11 is 5.99. The lowest BCUT2D eigenvalue weighted by atomic mass is 10.2. The van der Waals surface area contributed by atoms with Crippen molar-refractivity contribution in [3.63, 3.8) is 0 Å². The first-order valence-electron chi connectivity index (χ1n) is 8.26. The molecule has 28 heavy (non-hydrogen) atoms. The van der Waals surface area contributed by atoms with Crippen LogP contribution in [0.25, 0.3) is 0 Å². The third-order valence-electron chi connectivity index (χ3n) is 3.94. The first-order valence-corrected chi connectivity index (χ1v) is 8.64. The molecule has 0 spiro atoms. The summed E-state index contributed by atoms with van der Waals surface area (Å²) in [6.07, 6.45) is 1.83. The normalized spacial score (nSPS) is 10.7. The SMILES string of the molecule is Cc1nn(C)cc1CNC(=O)c1ccc(COc2cc([N+](=O)[O-])ccc2Cl)o1. The van der Waals surface area contributed by atoms with Gasteiger partial charge in [-0.05, 0) is 25.1 Å². The van der Waals surface area contributed by atoms with Crippen LogP contribution in [0.5, 0.6) is 5.75 Å². The fourth-order valence-electron chi connectivity index (χ4n) is 2.53. The van der Waals surface area contributed by atoms with E-state index in [1.807, 2.05) is 20.2 Å². The smallest absolute Gasteiger partial charge is 0.287 e. The van der Waals surface area contributed by atoms with E-state index in [2.05, 4.69) is 10.4 Å². The van der Waals surface area contributed by atoms with Crippen LogP contribution in [0.4, 0.5) is 5.69 Å². The average Bonchev–Trinajstić information content (AvgIpc) is 3.25.